The van der Waals surface area contributed by atoms with Gasteiger partial charge in [-0.2, -0.15) is 5.26 Å². The first-order valence-electron chi connectivity index (χ1n) is 11.8. The van der Waals surface area contributed by atoms with Crippen LogP contribution in [0.5, 0.6) is 0 Å². The van der Waals surface area contributed by atoms with E-state index in [0.717, 1.165) is 11.1 Å². The van der Waals surface area contributed by atoms with Gasteiger partial charge >= 0.3 is 0 Å². The highest BCUT2D eigenvalue weighted by Crippen LogP contribution is 2.44. The van der Waals surface area contributed by atoms with Gasteiger partial charge in [0.2, 0.25) is 0 Å². The number of hydrogen-bond donors (Lipinski definition) is 1. The molecule has 0 radical (unpaired) electrons. The second-order valence-corrected chi connectivity index (χ2v) is 9.29. The van der Waals surface area contributed by atoms with Crippen LogP contribution < -0.4 is 5.32 Å². The molecule has 34 heavy (non-hydrogen) atoms. The molecule has 7 nitrogen and oxygen atoms in total. The van der Waals surface area contributed by atoms with E-state index in [1.165, 1.54) is 0 Å². The van der Waals surface area contributed by atoms with E-state index in [0.29, 0.717) is 31.6 Å². The third kappa shape index (κ3) is 5.31. The van der Waals surface area contributed by atoms with Gasteiger partial charge in [0.1, 0.15) is 6.10 Å². The molecule has 180 valence electrons. The predicted octanol–water partition coefficient (Wildman–Crippen LogP) is 3.85. The number of benzene rings is 2. The summed E-state index contributed by atoms with van der Waals surface area (Å²) < 4.78 is 25.1. The van der Waals surface area contributed by atoms with Crippen molar-refractivity contribution in [3.05, 3.63) is 71.3 Å². The highest BCUT2D eigenvalue weighted by molar-refractivity contribution is 5.85. The Balaban J connectivity index is 1.61. The van der Waals surface area contributed by atoms with E-state index in [-0.39, 0.29) is 24.7 Å². The summed E-state index contributed by atoms with van der Waals surface area (Å²) in [6.07, 6.45) is -0.419. The lowest BCUT2D eigenvalue weighted by Crippen LogP contribution is -2.60. The fourth-order valence-electron chi connectivity index (χ4n) is 4.78. The number of ether oxygens (including phenoxy) is 4. The van der Waals surface area contributed by atoms with Gasteiger partial charge in [0, 0.05) is 19.4 Å². The van der Waals surface area contributed by atoms with Crippen LogP contribution in [0.25, 0.3) is 0 Å². The van der Waals surface area contributed by atoms with E-state index in [1.807, 2.05) is 69.3 Å². The van der Waals surface area contributed by atoms with E-state index in [1.54, 1.807) is 6.07 Å². The molecule has 1 saturated heterocycles. The third-order valence-corrected chi connectivity index (χ3v) is 6.35. The maximum Gasteiger partial charge on any atom is 0.252 e. The number of fused-ring (bicyclic) bond motifs is 1. The van der Waals surface area contributed by atoms with Gasteiger partial charge in [-0.25, -0.2) is 0 Å². The lowest BCUT2D eigenvalue weighted by atomic mass is 9.78. The number of nitrogens with one attached hydrogen (secondary N) is 1. The Kier molecular flexibility index (Phi) is 7.34. The van der Waals surface area contributed by atoms with Crippen LogP contribution in [0.3, 0.4) is 0 Å². The number of rotatable bonds is 8. The van der Waals surface area contributed by atoms with Crippen molar-refractivity contribution in [2.75, 3.05) is 6.54 Å². The van der Waals surface area contributed by atoms with Gasteiger partial charge in [-0.05, 0) is 38.0 Å². The first-order valence-corrected chi connectivity index (χ1v) is 11.8. The highest BCUT2D eigenvalue weighted by atomic mass is 16.8. The summed E-state index contributed by atoms with van der Waals surface area (Å²) >= 11 is 0. The SMILES string of the molecule is CCNC(=O)[C@@]1(OCc2ccccc2C#N)CC(OCc2ccccc2)[C@@H]2OC(C)(C)O[C@@H]2C1. The van der Waals surface area contributed by atoms with Crippen molar-refractivity contribution < 1.29 is 23.7 Å². The Hall–Kier alpha value is -2.76. The van der Waals surface area contributed by atoms with Crippen LogP contribution in [0.1, 0.15) is 50.3 Å². The van der Waals surface area contributed by atoms with E-state index in [2.05, 4.69) is 11.4 Å². The first kappa shape index (κ1) is 24.4. The zero-order valence-corrected chi connectivity index (χ0v) is 20.0. The normalized spacial score (nSPS) is 27.5. The minimum atomic E-state index is -1.18. The first-order chi connectivity index (χ1) is 16.4. The van der Waals surface area contributed by atoms with Crippen LogP contribution in [-0.4, -0.2) is 42.2 Å². The van der Waals surface area contributed by atoms with E-state index in [9.17, 15) is 10.1 Å². The molecule has 1 amide bonds. The Morgan fingerprint density at radius 1 is 1.09 bits per heavy atom. The number of nitriles is 1. The number of carbonyl (C=O) groups is 1. The molecule has 2 aliphatic rings. The predicted molar refractivity (Wildman–Crippen MR) is 125 cm³/mol. The zero-order valence-electron chi connectivity index (χ0n) is 20.0. The van der Waals surface area contributed by atoms with Crippen molar-refractivity contribution in [2.45, 2.75) is 76.5 Å². The Labute approximate surface area is 201 Å². The molecule has 4 rings (SSSR count). The largest absolute Gasteiger partial charge is 0.371 e. The highest BCUT2D eigenvalue weighted by Gasteiger charge is 2.58. The lowest BCUT2D eigenvalue weighted by Gasteiger charge is -2.43. The van der Waals surface area contributed by atoms with Crippen molar-refractivity contribution in [3.63, 3.8) is 0 Å². The Bertz CT molecular complexity index is 1030. The molecule has 4 atom stereocenters. The molecule has 1 N–H and O–H groups in total. The second kappa shape index (κ2) is 10.2. The van der Waals surface area contributed by atoms with Crippen molar-refractivity contribution in [1.82, 2.24) is 5.32 Å². The fourth-order valence-corrected chi connectivity index (χ4v) is 4.78. The molecule has 1 aliphatic heterocycles. The summed E-state index contributed by atoms with van der Waals surface area (Å²) in [7, 11) is 0. The molecule has 2 aromatic carbocycles. The second-order valence-electron chi connectivity index (χ2n) is 9.29. The minimum absolute atomic E-state index is 0.133. The van der Waals surface area contributed by atoms with Gasteiger partial charge in [0.25, 0.3) is 5.91 Å². The molecule has 1 saturated carbocycles. The molecule has 2 fully saturated rings. The lowest BCUT2D eigenvalue weighted by molar-refractivity contribution is -0.183. The quantitative estimate of drug-likeness (QED) is 0.638. The molecule has 1 unspecified atom stereocenters. The molecule has 1 aliphatic carbocycles. The molecule has 7 heteroatoms. The average Bonchev–Trinajstić information content (AvgIpc) is 3.15. The minimum Gasteiger partial charge on any atom is -0.371 e. The van der Waals surface area contributed by atoms with Crippen molar-refractivity contribution in [3.8, 4) is 6.07 Å². The number of nitrogens with zero attached hydrogens (tertiary/aromatic N) is 1. The molecule has 1 heterocycles. The zero-order chi connectivity index (χ0) is 24.2. The number of amides is 1. The van der Waals surface area contributed by atoms with E-state index < -0.39 is 17.5 Å². The van der Waals surface area contributed by atoms with Crippen LogP contribution in [0.2, 0.25) is 0 Å². The van der Waals surface area contributed by atoms with Crippen LogP contribution in [-0.2, 0) is 37.0 Å². The maximum atomic E-state index is 13.4. The summed E-state index contributed by atoms with van der Waals surface area (Å²) in [6.45, 7) is 6.62. The monoisotopic (exact) mass is 464 g/mol. The number of likely N-dealkylation sites (N-methyl/N-ethyl adjacent to an activating group) is 1. The van der Waals surface area contributed by atoms with E-state index >= 15 is 0 Å². The van der Waals surface area contributed by atoms with Crippen LogP contribution >= 0.6 is 0 Å². The van der Waals surface area contributed by atoms with Gasteiger partial charge in [0.15, 0.2) is 11.4 Å². The topological polar surface area (TPSA) is 89.8 Å². The third-order valence-electron chi connectivity index (χ3n) is 6.35. The molecular formula is C27H32N2O5. The number of hydrogen-bond acceptors (Lipinski definition) is 6. The van der Waals surface area contributed by atoms with Crippen molar-refractivity contribution in [1.29, 1.82) is 5.26 Å². The van der Waals surface area contributed by atoms with Crippen molar-refractivity contribution >= 4 is 5.91 Å². The average molecular weight is 465 g/mol. The summed E-state index contributed by atoms with van der Waals surface area (Å²) in [5, 5.41) is 12.4. The fraction of sp³-hybridized carbons (Fsp3) is 0.481. The summed E-state index contributed by atoms with van der Waals surface area (Å²) in [5.74, 6) is -0.987. The summed E-state index contributed by atoms with van der Waals surface area (Å²) in [6, 6.07) is 19.4. The van der Waals surface area contributed by atoms with Gasteiger partial charge in [-0.15, -0.1) is 0 Å². The molecule has 0 aromatic heterocycles. The van der Waals surface area contributed by atoms with E-state index in [4.69, 9.17) is 18.9 Å². The Morgan fingerprint density at radius 2 is 1.82 bits per heavy atom. The summed E-state index contributed by atoms with van der Waals surface area (Å²) in [4.78, 5) is 13.4. The smallest absolute Gasteiger partial charge is 0.252 e. The molecule has 0 spiro atoms. The summed E-state index contributed by atoms with van der Waals surface area (Å²) in [5.41, 5.74) is 1.13. The molecular weight excluding hydrogens is 432 g/mol. The van der Waals surface area contributed by atoms with Crippen molar-refractivity contribution in [2.24, 2.45) is 0 Å². The van der Waals surface area contributed by atoms with Gasteiger partial charge in [-0.1, -0.05) is 48.5 Å². The molecule has 0 bridgehead atoms. The van der Waals surface area contributed by atoms with Gasteiger partial charge in [-0.3, -0.25) is 4.79 Å². The van der Waals surface area contributed by atoms with Crippen LogP contribution in [0.4, 0.5) is 0 Å². The van der Waals surface area contributed by atoms with Crippen LogP contribution in [0.15, 0.2) is 54.6 Å². The van der Waals surface area contributed by atoms with Gasteiger partial charge < -0.3 is 24.3 Å². The van der Waals surface area contributed by atoms with Gasteiger partial charge in [0.05, 0.1) is 37.1 Å². The standard InChI is InChI=1S/C27H32N2O5/c1-4-29-25(30)27(32-18-21-13-9-8-12-20(21)16-28)14-22(31-17-19-10-6-5-7-11-19)24-23(15-27)33-26(2,3)34-24/h5-13,22-24H,4,14-15,17-18H2,1-3H3,(H,29,30)/t22?,23-,24+,27-/m1/s1. The number of carbonyl (C=O) groups excluding carboxylic acids is 1. The molecule has 2 aromatic rings. The van der Waals surface area contributed by atoms with Crippen LogP contribution in [0, 0.1) is 11.3 Å². The maximum absolute atomic E-state index is 13.4. The Morgan fingerprint density at radius 3 is 2.56 bits per heavy atom.